The molecule has 0 saturated carbocycles. The van der Waals surface area contributed by atoms with Gasteiger partial charge >= 0.3 is 0 Å². The van der Waals surface area contributed by atoms with Gasteiger partial charge in [0.15, 0.2) is 0 Å². The van der Waals surface area contributed by atoms with E-state index in [1.807, 2.05) is 44.2 Å². The van der Waals surface area contributed by atoms with Crippen molar-refractivity contribution in [2.75, 3.05) is 11.9 Å². The monoisotopic (exact) mass is 284 g/mol. The van der Waals surface area contributed by atoms with Crippen molar-refractivity contribution in [1.82, 2.24) is 0 Å². The summed E-state index contributed by atoms with van der Waals surface area (Å²) in [6, 6.07) is 9.54. The van der Waals surface area contributed by atoms with Gasteiger partial charge in [-0.25, -0.2) is 0 Å². The Morgan fingerprint density at radius 2 is 2.10 bits per heavy atom. The zero-order valence-electron chi connectivity index (χ0n) is 11.5. The number of carbonyl (C=O) groups excluding carboxylic acids is 1. The van der Waals surface area contributed by atoms with E-state index in [1.165, 1.54) is 11.3 Å². The van der Waals surface area contributed by atoms with Crippen LogP contribution in [0.3, 0.4) is 0 Å². The molecule has 0 aliphatic heterocycles. The minimum atomic E-state index is -0.107. The number of amides is 1. The normalized spacial score (nSPS) is 9.75. The van der Waals surface area contributed by atoms with Crippen LogP contribution >= 0.6 is 11.3 Å². The number of benzene rings is 1. The SMILES string of the molecule is Cc1ccc(C#CCN)c(NC(=O)c2ccc(C)s2)c1. The summed E-state index contributed by atoms with van der Waals surface area (Å²) in [7, 11) is 0. The molecule has 1 amide bonds. The number of hydrogen-bond acceptors (Lipinski definition) is 3. The Morgan fingerprint density at radius 3 is 2.75 bits per heavy atom. The number of nitrogens with two attached hydrogens (primary N) is 1. The third-order valence-corrected chi connectivity index (χ3v) is 3.71. The summed E-state index contributed by atoms with van der Waals surface area (Å²) in [5, 5.41) is 2.92. The first-order chi connectivity index (χ1) is 9.60. The number of hydrogen-bond donors (Lipinski definition) is 2. The second kappa shape index (κ2) is 6.38. The van der Waals surface area contributed by atoms with Gasteiger partial charge in [0.2, 0.25) is 0 Å². The van der Waals surface area contributed by atoms with E-state index in [0.29, 0.717) is 11.4 Å². The van der Waals surface area contributed by atoms with Crippen LogP contribution < -0.4 is 11.1 Å². The Hall–Kier alpha value is -2.09. The molecule has 4 heteroatoms. The lowest BCUT2D eigenvalue weighted by Crippen LogP contribution is -2.11. The fraction of sp³-hybridized carbons (Fsp3) is 0.188. The summed E-state index contributed by atoms with van der Waals surface area (Å²) in [6.45, 7) is 4.25. The predicted molar refractivity (Wildman–Crippen MR) is 84.1 cm³/mol. The van der Waals surface area contributed by atoms with Gasteiger partial charge < -0.3 is 11.1 Å². The van der Waals surface area contributed by atoms with E-state index in [0.717, 1.165) is 21.7 Å². The molecule has 0 aliphatic rings. The van der Waals surface area contributed by atoms with Crippen LogP contribution in [0.15, 0.2) is 30.3 Å². The third kappa shape index (κ3) is 3.47. The highest BCUT2D eigenvalue weighted by Crippen LogP contribution is 2.20. The van der Waals surface area contributed by atoms with E-state index in [2.05, 4.69) is 17.2 Å². The summed E-state index contributed by atoms with van der Waals surface area (Å²) in [5.41, 5.74) is 7.97. The van der Waals surface area contributed by atoms with Gasteiger partial charge in [-0.1, -0.05) is 17.9 Å². The topological polar surface area (TPSA) is 55.1 Å². The van der Waals surface area contributed by atoms with E-state index < -0.39 is 0 Å². The largest absolute Gasteiger partial charge is 0.320 e. The molecule has 2 aromatic rings. The standard InChI is InChI=1S/C16H16N2OS/c1-11-5-7-13(4-3-9-17)14(10-11)18-16(19)15-8-6-12(2)20-15/h5-8,10H,9,17H2,1-2H3,(H,18,19). The fourth-order valence-corrected chi connectivity index (χ4v) is 2.52. The molecule has 3 N–H and O–H groups in total. The van der Waals surface area contributed by atoms with Crippen LogP contribution in [0.5, 0.6) is 0 Å². The minimum Gasteiger partial charge on any atom is -0.320 e. The smallest absolute Gasteiger partial charge is 0.265 e. The summed E-state index contributed by atoms with van der Waals surface area (Å²) in [6.07, 6.45) is 0. The van der Waals surface area contributed by atoms with E-state index in [4.69, 9.17) is 5.73 Å². The molecule has 0 fully saturated rings. The molecule has 1 aromatic heterocycles. The zero-order valence-corrected chi connectivity index (χ0v) is 12.3. The molecule has 0 unspecified atom stereocenters. The number of thiophene rings is 1. The molecule has 0 aliphatic carbocycles. The molecule has 1 heterocycles. The van der Waals surface area contributed by atoms with Crippen molar-refractivity contribution >= 4 is 22.9 Å². The van der Waals surface area contributed by atoms with Crippen molar-refractivity contribution in [3.63, 3.8) is 0 Å². The maximum atomic E-state index is 12.2. The van der Waals surface area contributed by atoms with Crippen LogP contribution in [0, 0.1) is 25.7 Å². The molecule has 0 atom stereocenters. The molecule has 102 valence electrons. The highest BCUT2D eigenvalue weighted by Gasteiger charge is 2.10. The number of aryl methyl sites for hydroxylation is 2. The van der Waals surface area contributed by atoms with Crippen LogP contribution in [-0.4, -0.2) is 12.5 Å². The van der Waals surface area contributed by atoms with Gasteiger partial charge in [0.05, 0.1) is 17.1 Å². The van der Waals surface area contributed by atoms with Crippen LogP contribution in [0.2, 0.25) is 0 Å². The molecule has 1 aromatic carbocycles. The highest BCUT2D eigenvalue weighted by atomic mass is 32.1. The first kappa shape index (κ1) is 14.3. The van der Waals surface area contributed by atoms with E-state index in [9.17, 15) is 4.79 Å². The van der Waals surface area contributed by atoms with Crippen LogP contribution in [0.4, 0.5) is 5.69 Å². The van der Waals surface area contributed by atoms with Gasteiger partial charge in [0, 0.05) is 10.4 Å². The Morgan fingerprint density at radius 1 is 1.30 bits per heavy atom. The molecule has 3 nitrogen and oxygen atoms in total. The second-order valence-electron chi connectivity index (χ2n) is 4.42. The first-order valence-corrected chi connectivity index (χ1v) is 7.09. The van der Waals surface area contributed by atoms with Crippen molar-refractivity contribution in [3.05, 3.63) is 51.2 Å². The van der Waals surface area contributed by atoms with E-state index in [-0.39, 0.29) is 5.91 Å². The van der Waals surface area contributed by atoms with Crippen LogP contribution in [0.25, 0.3) is 0 Å². The molecular formula is C16H16N2OS. The Bertz CT molecular complexity index is 692. The summed E-state index contributed by atoms with van der Waals surface area (Å²) in [4.78, 5) is 14.0. The van der Waals surface area contributed by atoms with Gasteiger partial charge in [-0.05, 0) is 43.7 Å². The average Bonchev–Trinajstić information content (AvgIpc) is 2.85. The van der Waals surface area contributed by atoms with Crippen molar-refractivity contribution < 1.29 is 4.79 Å². The predicted octanol–water partition coefficient (Wildman–Crippen LogP) is 2.93. The first-order valence-electron chi connectivity index (χ1n) is 6.27. The van der Waals surface area contributed by atoms with E-state index >= 15 is 0 Å². The van der Waals surface area contributed by atoms with Gasteiger partial charge in [-0.15, -0.1) is 11.3 Å². The third-order valence-electron chi connectivity index (χ3n) is 2.71. The summed E-state index contributed by atoms with van der Waals surface area (Å²) >= 11 is 1.47. The summed E-state index contributed by atoms with van der Waals surface area (Å²) in [5.74, 6) is 5.68. The molecular weight excluding hydrogens is 268 g/mol. The lowest BCUT2D eigenvalue weighted by Gasteiger charge is -2.07. The molecule has 20 heavy (non-hydrogen) atoms. The maximum Gasteiger partial charge on any atom is 0.265 e. The lowest BCUT2D eigenvalue weighted by atomic mass is 10.1. The van der Waals surface area contributed by atoms with Crippen molar-refractivity contribution in [3.8, 4) is 11.8 Å². The van der Waals surface area contributed by atoms with Crippen molar-refractivity contribution in [1.29, 1.82) is 0 Å². The van der Waals surface area contributed by atoms with Gasteiger partial charge in [0.1, 0.15) is 0 Å². The zero-order chi connectivity index (χ0) is 14.5. The molecule has 0 spiro atoms. The molecule has 0 saturated heterocycles. The Balaban J connectivity index is 2.28. The van der Waals surface area contributed by atoms with Gasteiger partial charge in [-0.3, -0.25) is 4.79 Å². The van der Waals surface area contributed by atoms with Crippen LogP contribution in [0.1, 0.15) is 25.7 Å². The highest BCUT2D eigenvalue weighted by molar-refractivity contribution is 7.14. The Labute approximate surface area is 122 Å². The summed E-state index contributed by atoms with van der Waals surface area (Å²) < 4.78 is 0. The number of carbonyl (C=O) groups is 1. The molecule has 0 radical (unpaired) electrons. The number of nitrogens with one attached hydrogen (secondary N) is 1. The minimum absolute atomic E-state index is 0.107. The number of rotatable bonds is 2. The average molecular weight is 284 g/mol. The molecule has 2 rings (SSSR count). The van der Waals surface area contributed by atoms with E-state index in [1.54, 1.807) is 0 Å². The Kier molecular flexibility index (Phi) is 4.57. The van der Waals surface area contributed by atoms with Crippen molar-refractivity contribution in [2.24, 2.45) is 5.73 Å². The maximum absolute atomic E-state index is 12.2. The number of anilines is 1. The van der Waals surface area contributed by atoms with Crippen LogP contribution in [-0.2, 0) is 0 Å². The fourth-order valence-electron chi connectivity index (χ4n) is 1.76. The second-order valence-corrected chi connectivity index (χ2v) is 5.71. The quantitative estimate of drug-likeness (QED) is 0.833. The van der Waals surface area contributed by atoms with Crippen molar-refractivity contribution in [2.45, 2.75) is 13.8 Å². The van der Waals surface area contributed by atoms with Gasteiger partial charge in [-0.2, -0.15) is 0 Å². The van der Waals surface area contributed by atoms with Gasteiger partial charge in [0.25, 0.3) is 5.91 Å². The lowest BCUT2D eigenvalue weighted by molar-refractivity contribution is 0.103. The molecule has 0 bridgehead atoms.